The minimum Gasteiger partial charge on any atom is -0.748 e. The summed E-state index contributed by atoms with van der Waals surface area (Å²) in [5.74, 6) is -94.3. The van der Waals surface area contributed by atoms with Crippen molar-refractivity contribution < 1.29 is 118 Å². The van der Waals surface area contributed by atoms with Crippen LogP contribution in [0.15, 0.2) is 0 Å². The van der Waals surface area contributed by atoms with Crippen molar-refractivity contribution in [2.75, 3.05) is 31.9 Å². The number of rotatable bonds is 15. The fraction of sp³-hybridized carbons (Fsp3) is 1.00. The van der Waals surface area contributed by atoms with Crippen LogP contribution in [0.4, 0.5) is 101 Å². The Morgan fingerprint density at radius 2 is 0.583 bits per heavy atom. The molecule has 0 N–H and O–H groups in total. The van der Waals surface area contributed by atoms with Crippen LogP contribution in [0.5, 0.6) is 0 Å². The highest BCUT2D eigenvalue weighted by atomic mass is 32.2. The van der Waals surface area contributed by atoms with E-state index >= 15 is 0 Å². The van der Waals surface area contributed by atoms with Crippen LogP contribution in [0.1, 0.15) is 27.7 Å². The minimum atomic E-state index is -9.54. The molecule has 0 fully saturated rings. The van der Waals surface area contributed by atoms with Gasteiger partial charge in [-0.15, -0.1) is 0 Å². The smallest absolute Gasteiger partial charge is 0.460 e. The highest BCUT2D eigenvalue weighted by molar-refractivity contribution is 7.85. The third kappa shape index (κ3) is 7.34. The van der Waals surface area contributed by atoms with Crippen LogP contribution >= 0.6 is 0 Å². The maximum atomic E-state index is 13.5. The first-order chi connectivity index (χ1) is 20.4. The van der Waals surface area contributed by atoms with Gasteiger partial charge in [-0.3, -0.25) is 0 Å². The first-order valence-corrected chi connectivity index (χ1v) is 13.7. The molecule has 0 rings (SSSR count). The molecule has 0 aliphatic rings. The third-order valence-electron chi connectivity index (χ3n) is 7.01. The Morgan fingerprint density at radius 1 is 0.396 bits per heavy atom. The van der Waals surface area contributed by atoms with Gasteiger partial charge in [-0.25, -0.2) is 8.42 Å². The van der Waals surface area contributed by atoms with Gasteiger partial charge in [0.25, 0.3) is 0 Å². The number of alkyl halides is 23. The standard InChI is InChI=1S/C12H3F23O3S.C8H20N/c13-2(14,1-39(36,37)38)3(15,16)4(17,18)5(19,20)6(21,22)7(23,24)8(25,26)9(27,28)10(29,30)11(31,32)12(33,34)35;1-5-9(6-2,7-3)8-4/h1H2,(H,36,37,38);5-8H2,1-4H3/q;+1/p-1. The Labute approximate surface area is 254 Å². The maximum Gasteiger partial charge on any atom is 0.460 e. The first-order valence-electron chi connectivity index (χ1n) is 12.1. The lowest BCUT2D eigenvalue weighted by molar-refractivity contribution is -0.921. The number of nitrogens with zero attached hydrogens (tertiary/aromatic N) is 1. The molecule has 0 atom stereocenters. The van der Waals surface area contributed by atoms with Gasteiger partial charge in [0.05, 0.1) is 26.2 Å². The van der Waals surface area contributed by atoms with Crippen molar-refractivity contribution in [2.24, 2.45) is 0 Å². The predicted molar refractivity (Wildman–Crippen MR) is 113 cm³/mol. The lowest BCUT2D eigenvalue weighted by atomic mass is 9.85. The molecular formula is C20H22F23NO3S. The summed E-state index contributed by atoms with van der Waals surface area (Å²) in [6.45, 7) is 14.2. The van der Waals surface area contributed by atoms with Crippen molar-refractivity contribution in [3.05, 3.63) is 0 Å². The fourth-order valence-corrected chi connectivity index (χ4v) is 4.07. The van der Waals surface area contributed by atoms with Crippen molar-refractivity contribution in [3.8, 4) is 0 Å². The average Bonchev–Trinajstić information content (AvgIpc) is 2.87. The van der Waals surface area contributed by atoms with E-state index in [4.69, 9.17) is 0 Å². The molecule has 0 aromatic rings. The van der Waals surface area contributed by atoms with Gasteiger partial charge in [-0.05, 0) is 27.7 Å². The lowest BCUT2D eigenvalue weighted by Gasteiger charge is -2.45. The van der Waals surface area contributed by atoms with Crippen molar-refractivity contribution in [1.82, 2.24) is 0 Å². The molecule has 48 heavy (non-hydrogen) atoms. The quantitative estimate of drug-likeness (QED) is 0.0953. The largest absolute Gasteiger partial charge is 0.748 e. The molecule has 0 amide bonds. The Bertz CT molecular complexity index is 1170. The van der Waals surface area contributed by atoms with Crippen molar-refractivity contribution in [1.29, 1.82) is 0 Å². The molecule has 0 spiro atoms. The second kappa shape index (κ2) is 13.4. The highest BCUT2D eigenvalue weighted by Crippen LogP contribution is 2.67. The van der Waals surface area contributed by atoms with Crippen LogP contribution in [-0.4, -0.2) is 115 Å². The molecule has 0 bridgehead atoms. The SMILES string of the molecule is CC[N+](CC)(CC)CC.O=S(=O)([O-])CC(F)(F)C(F)(F)C(F)(F)C(F)(F)C(F)(F)C(F)(F)C(F)(F)C(F)(F)C(F)(F)C(F)(F)C(F)(F)F. The summed E-state index contributed by atoms with van der Waals surface area (Å²) in [5, 5.41) is 0. The molecule has 0 aliphatic carbocycles. The van der Waals surface area contributed by atoms with Crippen LogP contribution in [-0.2, 0) is 10.1 Å². The topological polar surface area (TPSA) is 57.2 Å². The lowest BCUT2D eigenvalue weighted by Crippen LogP contribution is -2.77. The molecular weight excluding hydrogens is 771 g/mol. The molecule has 0 heterocycles. The molecule has 0 aromatic heterocycles. The van der Waals surface area contributed by atoms with Gasteiger partial charge in [0.2, 0.25) is 0 Å². The summed E-state index contributed by atoms with van der Waals surface area (Å²) in [4.78, 5) is 0. The van der Waals surface area contributed by atoms with Gasteiger partial charge in [-0.1, -0.05) is 0 Å². The number of quaternary nitrogens is 1. The van der Waals surface area contributed by atoms with Crippen LogP contribution in [0.25, 0.3) is 0 Å². The molecule has 0 saturated heterocycles. The maximum absolute atomic E-state index is 13.5. The van der Waals surface area contributed by atoms with Crippen molar-refractivity contribution in [3.63, 3.8) is 0 Å². The average molecular weight is 793 g/mol. The van der Waals surface area contributed by atoms with Crippen LogP contribution in [0.3, 0.4) is 0 Å². The molecule has 4 nitrogen and oxygen atoms in total. The van der Waals surface area contributed by atoms with Crippen molar-refractivity contribution >= 4 is 10.1 Å². The predicted octanol–water partition coefficient (Wildman–Crippen LogP) is 8.33. The summed E-state index contributed by atoms with van der Waals surface area (Å²) in [6.07, 6.45) is -8.15. The first kappa shape index (κ1) is 48.4. The van der Waals surface area contributed by atoms with E-state index in [1.807, 2.05) is 0 Å². The van der Waals surface area contributed by atoms with Gasteiger partial charge in [0.15, 0.2) is 0 Å². The van der Waals surface area contributed by atoms with Gasteiger partial charge < -0.3 is 9.04 Å². The summed E-state index contributed by atoms with van der Waals surface area (Å²) >= 11 is 0. The summed E-state index contributed by atoms with van der Waals surface area (Å²) < 4.78 is 332. The van der Waals surface area contributed by atoms with E-state index < -0.39 is 81.3 Å². The van der Waals surface area contributed by atoms with E-state index in [1.165, 1.54) is 30.7 Å². The van der Waals surface area contributed by atoms with E-state index in [2.05, 4.69) is 27.7 Å². The zero-order valence-electron chi connectivity index (χ0n) is 23.8. The Kier molecular flexibility index (Phi) is 13.5. The van der Waals surface area contributed by atoms with Crippen LogP contribution in [0, 0.1) is 0 Å². The molecule has 0 saturated carbocycles. The van der Waals surface area contributed by atoms with Gasteiger partial charge >= 0.3 is 65.4 Å². The zero-order chi connectivity index (χ0) is 40.0. The molecule has 0 radical (unpaired) electrons. The van der Waals surface area contributed by atoms with Gasteiger partial charge in [0.1, 0.15) is 15.9 Å². The second-order valence-corrected chi connectivity index (χ2v) is 11.1. The molecule has 0 aliphatic heterocycles. The zero-order valence-corrected chi connectivity index (χ0v) is 24.6. The normalized spacial score (nSPS) is 16.1. The number of hydrogen-bond donors (Lipinski definition) is 0. The number of hydrogen-bond acceptors (Lipinski definition) is 3. The highest BCUT2D eigenvalue weighted by Gasteiger charge is 2.98. The van der Waals surface area contributed by atoms with Gasteiger partial charge in [-0.2, -0.15) is 101 Å². The Hall–Kier alpha value is -1.74. The monoisotopic (exact) mass is 793 g/mol. The van der Waals surface area contributed by atoms with E-state index in [9.17, 15) is 114 Å². The van der Waals surface area contributed by atoms with Crippen molar-refractivity contribution in [2.45, 2.75) is 93.1 Å². The summed E-state index contributed by atoms with van der Waals surface area (Å²) in [6, 6.07) is 0. The Balaban J connectivity index is 0. The van der Waals surface area contributed by atoms with Crippen LogP contribution in [0.2, 0.25) is 0 Å². The summed E-state index contributed by atoms with van der Waals surface area (Å²) in [7, 11) is -6.98. The molecule has 0 unspecified atom stereocenters. The third-order valence-corrected chi connectivity index (χ3v) is 7.73. The van der Waals surface area contributed by atoms with E-state index in [-0.39, 0.29) is 0 Å². The molecule has 292 valence electrons. The second-order valence-electron chi connectivity index (χ2n) is 9.68. The minimum absolute atomic E-state index is 1.28. The van der Waals surface area contributed by atoms with E-state index in [0.29, 0.717) is 0 Å². The summed E-state index contributed by atoms with van der Waals surface area (Å²) in [5.41, 5.74) is 0. The van der Waals surface area contributed by atoms with E-state index in [1.54, 1.807) is 0 Å². The molecule has 28 heteroatoms. The van der Waals surface area contributed by atoms with Crippen LogP contribution < -0.4 is 0 Å². The van der Waals surface area contributed by atoms with E-state index in [0.717, 1.165) is 0 Å². The molecule has 0 aromatic carbocycles. The Morgan fingerprint density at radius 3 is 0.729 bits per heavy atom. The number of halogens is 23. The fourth-order valence-electron chi connectivity index (χ4n) is 3.44. The van der Waals surface area contributed by atoms with Gasteiger partial charge in [0, 0.05) is 0 Å².